The molecule has 0 saturated heterocycles. The van der Waals surface area contributed by atoms with Crippen LogP contribution in [-0.2, 0) is 11.2 Å². The van der Waals surface area contributed by atoms with E-state index in [1.54, 1.807) is 7.11 Å². The van der Waals surface area contributed by atoms with Crippen LogP contribution >= 0.6 is 0 Å². The van der Waals surface area contributed by atoms with E-state index in [1.165, 1.54) is 0 Å². The second kappa shape index (κ2) is 6.24. The minimum Gasteiger partial charge on any atom is -0.496 e. The molecule has 0 bridgehead atoms. The van der Waals surface area contributed by atoms with E-state index in [0.29, 0.717) is 6.42 Å². The van der Waals surface area contributed by atoms with Gasteiger partial charge in [-0.05, 0) is 42.7 Å². The van der Waals surface area contributed by atoms with E-state index < -0.39 is 0 Å². The highest BCUT2D eigenvalue weighted by molar-refractivity contribution is 5.93. The van der Waals surface area contributed by atoms with Crippen LogP contribution in [-0.4, -0.2) is 13.0 Å². The summed E-state index contributed by atoms with van der Waals surface area (Å²) in [5.41, 5.74) is 3.92. The van der Waals surface area contributed by atoms with Crippen molar-refractivity contribution in [2.45, 2.75) is 20.3 Å². The van der Waals surface area contributed by atoms with E-state index in [9.17, 15) is 4.79 Å². The molecule has 0 unspecified atom stereocenters. The molecule has 3 nitrogen and oxygen atoms in total. The van der Waals surface area contributed by atoms with Crippen molar-refractivity contribution in [2.24, 2.45) is 0 Å². The lowest BCUT2D eigenvalue weighted by Crippen LogP contribution is -2.15. The molecule has 1 N–H and O–H groups in total. The maximum absolute atomic E-state index is 12.1. The van der Waals surface area contributed by atoms with Gasteiger partial charge in [-0.2, -0.15) is 0 Å². The third-order valence-electron chi connectivity index (χ3n) is 3.26. The molecule has 0 aliphatic heterocycles. The van der Waals surface area contributed by atoms with Crippen LogP contribution in [0, 0.1) is 13.8 Å². The van der Waals surface area contributed by atoms with Gasteiger partial charge in [0.1, 0.15) is 5.75 Å². The van der Waals surface area contributed by atoms with Crippen molar-refractivity contribution >= 4 is 11.6 Å². The van der Waals surface area contributed by atoms with E-state index >= 15 is 0 Å². The van der Waals surface area contributed by atoms with Crippen LogP contribution in [0.4, 0.5) is 5.69 Å². The number of nitrogens with one attached hydrogen (secondary N) is 1. The van der Waals surface area contributed by atoms with E-state index in [0.717, 1.165) is 28.1 Å². The van der Waals surface area contributed by atoms with Crippen LogP contribution in [0.15, 0.2) is 42.5 Å². The van der Waals surface area contributed by atoms with Gasteiger partial charge in [0.05, 0.1) is 13.5 Å². The van der Waals surface area contributed by atoms with Crippen LogP contribution < -0.4 is 10.1 Å². The molecular weight excluding hydrogens is 250 g/mol. The monoisotopic (exact) mass is 269 g/mol. The fourth-order valence-electron chi connectivity index (χ4n) is 2.07. The van der Waals surface area contributed by atoms with Crippen molar-refractivity contribution in [3.05, 3.63) is 59.2 Å². The lowest BCUT2D eigenvalue weighted by atomic mass is 10.1. The number of aryl methyl sites for hydroxylation is 2. The minimum atomic E-state index is -0.0230. The summed E-state index contributed by atoms with van der Waals surface area (Å²) < 4.78 is 5.27. The zero-order valence-corrected chi connectivity index (χ0v) is 12.1. The number of anilines is 1. The number of para-hydroxylation sites is 1. The summed E-state index contributed by atoms with van der Waals surface area (Å²) in [7, 11) is 1.64. The Morgan fingerprint density at radius 1 is 1.10 bits per heavy atom. The van der Waals surface area contributed by atoms with Crippen molar-refractivity contribution in [3.63, 3.8) is 0 Å². The molecule has 2 aromatic carbocycles. The molecule has 0 radical (unpaired) electrons. The summed E-state index contributed by atoms with van der Waals surface area (Å²) in [5, 5.41) is 2.93. The number of hydrogen-bond acceptors (Lipinski definition) is 2. The highest BCUT2D eigenvalue weighted by Gasteiger charge is 2.07. The normalized spacial score (nSPS) is 10.2. The van der Waals surface area contributed by atoms with Gasteiger partial charge >= 0.3 is 0 Å². The number of hydrogen-bond donors (Lipinski definition) is 1. The average Bonchev–Trinajstić information content (AvgIpc) is 2.43. The molecular formula is C17H19NO2. The molecule has 0 spiro atoms. The number of ether oxygens (including phenoxy) is 1. The molecule has 2 rings (SSSR count). The van der Waals surface area contributed by atoms with Crippen molar-refractivity contribution in [1.82, 2.24) is 0 Å². The predicted molar refractivity (Wildman–Crippen MR) is 81.2 cm³/mol. The van der Waals surface area contributed by atoms with Gasteiger partial charge < -0.3 is 10.1 Å². The second-order valence-electron chi connectivity index (χ2n) is 4.84. The van der Waals surface area contributed by atoms with Crippen LogP contribution in [0.5, 0.6) is 5.75 Å². The molecule has 0 heterocycles. The van der Waals surface area contributed by atoms with Gasteiger partial charge in [-0.1, -0.05) is 30.3 Å². The van der Waals surface area contributed by atoms with E-state index in [4.69, 9.17) is 4.74 Å². The molecule has 0 saturated carbocycles. The molecule has 0 atom stereocenters. The molecule has 0 aliphatic rings. The Hall–Kier alpha value is -2.29. The van der Waals surface area contributed by atoms with Crippen LogP contribution in [0.1, 0.15) is 16.7 Å². The Kier molecular flexibility index (Phi) is 4.41. The molecule has 1 amide bonds. The molecule has 0 fully saturated rings. The number of rotatable bonds is 4. The second-order valence-corrected chi connectivity index (χ2v) is 4.84. The summed E-state index contributed by atoms with van der Waals surface area (Å²) in [6.45, 7) is 3.96. The highest BCUT2D eigenvalue weighted by atomic mass is 16.5. The van der Waals surface area contributed by atoms with Gasteiger partial charge in [0.25, 0.3) is 0 Å². The Morgan fingerprint density at radius 2 is 1.85 bits per heavy atom. The Bertz CT molecular complexity index is 620. The van der Waals surface area contributed by atoms with E-state index in [2.05, 4.69) is 5.32 Å². The summed E-state index contributed by atoms with van der Waals surface area (Å²) >= 11 is 0. The Balaban J connectivity index is 2.07. The smallest absolute Gasteiger partial charge is 0.228 e. The molecule has 2 aromatic rings. The first kappa shape index (κ1) is 14.1. The summed E-state index contributed by atoms with van der Waals surface area (Å²) in [4.78, 5) is 12.1. The number of carbonyl (C=O) groups is 1. The fraction of sp³-hybridized carbons (Fsp3) is 0.235. The first-order valence-corrected chi connectivity index (χ1v) is 6.59. The quantitative estimate of drug-likeness (QED) is 0.922. The van der Waals surface area contributed by atoms with E-state index in [-0.39, 0.29) is 5.91 Å². The number of benzene rings is 2. The number of carbonyl (C=O) groups excluding carboxylic acids is 1. The van der Waals surface area contributed by atoms with Crippen molar-refractivity contribution in [3.8, 4) is 5.75 Å². The largest absolute Gasteiger partial charge is 0.496 e. The fourth-order valence-corrected chi connectivity index (χ4v) is 2.07. The first-order valence-electron chi connectivity index (χ1n) is 6.59. The summed E-state index contributed by atoms with van der Waals surface area (Å²) in [6.07, 6.45) is 0.338. The molecule has 0 aliphatic carbocycles. The highest BCUT2D eigenvalue weighted by Crippen LogP contribution is 2.20. The zero-order chi connectivity index (χ0) is 14.5. The number of amides is 1. The molecule has 104 valence electrons. The predicted octanol–water partition coefficient (Wildman–Crippen LogP) is 3.49. The van der Waals surface area contributed by atoms with Gasteiger partial charge in [-0.3, -0.25) is 4.79 Å². The molecule has 3 heteroatoms. The van der Waals surface area contributed by atoms with Gasteiger partial charge in [0.15, 0.2) is 0 Å². The van der Waals surface area contributed by atoms with Gasteiger partial charge in [0.2, 0.25) is 5.91 Å². The summed E-state index contributed by atoms with van der Waals surface area (Å²) in [5.74, 6) is 0.788. The lowest BCUT2D eigenvalue weighted by Gasteiger charge is -2.10. The van der Waals surface area contributed by atoms with Crippen LogP contribution in [0.3, 0.4) is 0 Å². The van der Waals surface area contributed by atoms with Gasteiger partial charge in [0, 0.05) is 5.69 Å². The average molecular weight is 269 g/mol. The summed E-state index contributed by atoms with van der Waals surface area (Å²) in [6, 6.07) is 13.6. The lowest BCUT2D eigenvalue weighted by molar-refractivity contribution is -0.115. The number of methoxy groups -OCH3 is 1. The third kappa shape index (κ3) is 3.38. The SMILES string of the molecule is COc1cc(CC(=O)Nc2ccccc2C)ccc1C. The maximum Gasteiger partial charge on any atom is 0.228 e. The van der Waals surface area contributed by atoms with Crippen molar-refractivity contribution < 1.29 is 9.53 Å². The minimum absolute atomic E-state index is 0.0230. The molecule has 20 heavy (non-hydrogen) atoms. The maximum atomic E-state index is 12.1. The van der Waals surface area contributed by atoms with Crippen LogP contribution in [0.2, 0.25) is 0 Å². The van der Waals surface area contributed by atoms with Gasteiger partial charge in [-0.15, -0.1) is 0 Å². The topological polar surface area (TPSA) is 38.3 Å². The molecule has 0 aromatic heterocycles. The van der Waals surface area contributed by atoms with Crippen molar-refractivity contribution in [2.75, 3.05) is 12.4 Å². The van der Waals surface area contributed by atoms with E-state index in [1.807, 2.05) is 56.3 Å². The van der Waals surface area contributed by atoms with Crippen molar-refractivity contribution in [1.29, 1.82) is 0 Å². The third-order valence-corrected chi connectivity index (χ3v) is 3.26. The standard InChI is InChI=1S/C17H19NO2/c1-12-6-4-5-7-15(12)18-17(19)11-14-9-8-13(2)16(10-14)20-3/h4-10H,11H2,1-3H3,(H,18,19). The van der Waals surface area contributed by atoms with Crippen LogP contribution in [0.25, 0.3) is 0 Å². The first-order chi connectivity index (χ1) is 9.60. The zero-order valence-electron chi connectivity index (χ0n) is 12.1. The van der Waals surface area contributed by atoms with Gasteiger partial charge in [-0.25, -0.2) is 0 Å². The Labute approximate surface area is 119 Å². The Morgan fingerprint density at radius 3 is 2.55 bits per heavy atom.